The third kappa shape index (κ3) is 3.22. The molecule has 0 radical (unpaired) electrons. The van der Waals surface area contributed by atoms with Crippen molar-refractivity contribution in [2.24, 2.45) is 0 Å². The average Bonchev–Trinajstić information content (AvgIpc) is 2.46. The highest BCUT2D eigenvalue weighted by Crippen LogP contribution is 2.27. The van der Waals surface area contributed by atoms with Crippen molar-refractivity contribution in [3.05, 3.63) is 23.8 Å². The predicted molar refractivity (Wildman–Crippen MR) is 82.0 cm³/mol. The number of sulfonamides is 1. The normalized spacial score (nSPS) is 26.0. The summed E-state index contributed by atoms with van der Waals surface area (Å²) in [5.41, 5.74) is 1.61. The van der Waals surface area contributed by atoms with Gasteiger partial charge in [-0.1, -0.05) is 6.07 Å². The monoisotopic (exact) mass is 310 g/mol. The zero-order valence-electron chi connectivity index (χ0n) is 12.3. The Bertz CT molecular complexity index is 622. The first-order valence-corrected chi connectivity index (χ1v) is 8.95. The Morgan fingerprint density at radius 2 is 2.19 bits per heavy atom. The summed E-state index contributed by atoms with van der Waals surface area (Å²) in [5, 5.41) is 3.27. The van der Waals surface area contributed by atoms with Crippen LogP contribution in [-0.2, 0) is 21.2 Å². The van der Waals surface area contributed by atoms with Crippen LogP contribution < -0.4 is 10.0 Å². The summed E-state index contributed by atoms with van der Waals surface area (Å²) in [6.07, 6.45) is 3.77. The quantitative estimate of drug-likeness (QED) is 0.895. The first-order valence-electron chi connectivity index (χ1n) is 7.47. The Labute approximate surface area is 126 Å². The molecular formula is C15H22N2O3S. The van der Waals surface area contributed by atoms with E-state index in [9.17, 15) is 8.42 Å². The molecule has 6 heteroatoms. The minimum Gasteiger partial charge on any atom is -0.385 e. The Hall–Kier alpha value is -1.11. The molecule has 1 aromatic carbocycles. The van der Waals surface area contributed by atoms with E-state index in [4.69, 9.17) is 4.74 Å². The van der Waals surface area contributed by atoms with Crippen LogP contribution in [0, 0.1) is 0 Å². The number of nitrogens with one attached hydrogen (secondary N) is 2. The maximum absolute atomic E-state index is 12.6. The summed E-state index contributed by atoms with van der Waals surface area (Å²) in [7, 11) is -3.52. The molecule has 1 saturated heterocycles. The lowest BCUT2D eigenvalue weighted by Gasteiger charge is -2.34. The van der Waals surface area contributed by atoms with Gasteiger partial charge in [0.05, 0.1) is 17.0 Å². The topological polar surface area (TPSA) is 67.4 Å². The molecule has 1 unspecified atom stereocenters. The lowest BCUT2D eigenvalue weighted by atomic mass is 9.97. The number of ether oxygens (including phenoxy) is 1. The highest BCUT2D eigenvalue weighted by Gasteiger charge is 2.33. The van der Waals surface area contributed by atoms with E-state index in [-0.39, 0.29) is 0 Å². The molecule has 1 aromatic rings. The fraction of sp³-hybridized carbons (Fsp3) is 0.600. The lowest BCUT2D eigenvalue weighted by molar-refractivity contribution is 0.0386. The van der Waals surface area contributed by atoms with Gasteiger partial charge in [-0.2, -0.15) is 0 Å². The van der Waals surface area contributed by atoms with Crippen LogP contribution >= 0.6 is 0 Å². The zero-order chi connectivity index (χ0) is 14.9. The minimum atomic E-state index is -3.52. The first-order chi connectivity index (χ1) is 9.99. The number of benzene rings is 1. The fourth-order valence-corrected chi connectivity index (χ4v) is 4.45. The molecule has 2 heterocycles. The highest BCUT2D eigenvalue weighted by molar-refractivity contribution is 7.89. The van der Waals surface area contributed by atoms with Crippen molar-refractivity contribution in [1.29, 1.82) is 0 Å². The molecule has 1 fully saturated rings. The van der Waals surface area contributed by atoms with Gasteiger partial charge in [0.2, 0.25) is 10.0 Å². The molecule has 3 rings (SSSR count). The molecule has 0 bridgehead atoms. The molecule has 2 aliphatic rings. The van der Waals surface area contributed by atoms with E-state index in [1.807, 2.05) is 13.0 Å². The first kappa shape index (κ1) is 14.8. The second kappa shape index (κ2) is 5.59. The van der Waals surface area contributed by atoms with Crippen LogP contribution in [0.15, 0.2) is 23.1 Å². The maximum Gasteiger partial charge on any atom is 0.241 e. The van der Waals surface area contributed by atoms with Crippen molar-refractivity contribution in [2.45, 2.75) is 43.0 Å². The third-order valence-corrected chi connectivity index (χ3v) is 5.78. The number of hydrogen-bond donors (Lipinski definition) is 2. The van der Waals surface area contributed by atoms with Crippen molar-refractivity contribution in [1.82, 2.24) is 4.72 Å². The van der Waals surface area contributed by atoms with Gasteiger partial charge in [-0.25, -0.2) is 13.1 Å². The molecule has 0 aromatic heterocycles. The number of hydrogen-bond acceptors (Lipinski definition) is 4. The lowest BCUT2D eigenvalue weighted by Crippen LogP contribution is -2.51. The maximum atomic E-state index is 12.6. The molecular weight excluding hydrogens is 288 g/mol. The molecule has 5 nitrogen and oxygen atoms in total. The van der Waals surface area contributed by atoms with E-state index in [1.165, 1.54) is 5.56 Å². The number of rotatable bonds is 3. The smallest absolute Gasteiger partial charge is 0.241 e. The van der Waals surface area contributed by atoms with Crippen LogP contribution in [0.25, 0.3) is 0 Å². The summed E-state index contributed by atoms with van der Waals surface area (Å²) in [5.74, 6) is 0. The van der Waals surface area contributed by atoms with Crippen LogP contribution in [-0.4, -0.2) is 33.7 Å². The largest absolute Gasteiger partial charge is 0.385 e. The van der Waals surface area contributed by atoms with Crippen LogP contribution in [0.1, 0.15) is 31.7 Å². The molecule has 0 saturated carbocycles. The molecule has 2 aliphatic heterocycles. The standard InChI is InChI=1S/C15H22N2O3S/c1-15(7-3-9-20-11-15)17-21(18,19)13-6-5-12-4-2-8-16-14(12)10-13/h5-6,10,16-17H,2-4,7-9,11H2,1H3. The van der Waals surface area contributed by atoms with Crippen LogP contribution in [0.3, 0.4) is 0 Å². The SMILES string of the molecule is CC1(NS(=O)(=O)c2ccc3c(c2)NCCC3)CCCOC1. The highest BCUT2D eigenvalue weighted by atomic mass is 32.2. The van der Waals surface area contributed by atoms with Crippen molar-refractivity contribution < 1.29 is 13.2 Å². The second-order valence-corrected chi connectivity index (χ2v) is 7.85. The van der Waals surface area contributed by atoms with Gasteiger partial charge in [0.25, 0.3) is 0 Å². The van der Waals surface area contributed by atoms with Gasteiger partial charge in [-0.15, -0.1) is 0 Å². The van der Waals surface area contributed by atoms with Gasteiger partial charge >= 0.3 is 0 Å². The van der Waals surface area contributed by atoms with E-state index in [1.54, 1.807) is 12.1 Å². The van der Waals surface area contributed by atoms with Crippen molar-refractivity contribution in [2.75, 3.05) is 25.1 Å². The second-order valence-electron chi connectivity index (χ2n) is 6.17. The molecule has 2 N–H and O–H groups in total. The van der Waals surface area contributed by atoms with Crippen molar-refractivity contribution >= 4 is 15.7 Å². The third-order valence-electron chi connectivity index (χ3n) is 4.15. The van der Waals surface area contributed by atoms with E-state index in [2.05, 4.69) is 10.0 Å². The molecule has 0 spiro atoms. The summed E-state index contributed by atoms with van der Waals surface area (Å²) in [6.45, 7) is 3.94. The summed E-state index contributed by atoms with van der Waals surface area (Å²) in [6, 6.07) is 5.35. The zero-order valence-corrected chi connectivity index (χ0v) is 13.1. The van der Waals surface area contributed by atoms with Gasteiger partial charge in [-0.05, 0) is 50.3 Å². The molecule has 21 heavy (non-hydrogen) atoms. The summed E-state index contributed by atoms with van der Waals surface area (Å²) in [4.78, 5) is 0.322. The van der Waals surface area contributed by atoms with E-state index >= 15 is 0 Å². The Morgan fingerprint density at radius 1 is 1.33 bits per heavy atom. The van der Waals surface area contributed by atoms with Gasteiger partial charge in [0, 0.05) is 18.8 Å². The van der Waals surface area contributed by atoms with Gasteiger partial charge in [0.1, 0.15) is 0 Å². The molecule has 1 atom stereocenters. The summed E-state index contributed by atoms with van der Waals surface area (Å²) >= 11 is 0. The Balaban J connectivity index is 1.84. The molecule has 0 aliphatic carbocycles. The minimum absolute atomic E-state index is 0.322. The van der Waals surface area contributed by atoms with Crippen LogP contribution in [0.2, 0.25) is 0 Å². The van der Waals surface area contributed by atoms with Gasteiger partial charge in [-0.3, -0.25) is 0 Å². The Morgan fingerprint density at radius 3 is 2.95 bits per heavy atom. The fourth-order valence-electron chi connectivity index (χ4n) is 3.00. The molecule has 0 amide bonds. The van der Waals surface area contributed by atoms with Gasteiger partial charge < -0.3 is 10.1 Å². The number of fused-ring (bicyclic) bond motifs is 1. The number of aryl methyl sites for hydroxylation is 1. The summed E-state index contributed by atoms with van der Waals surface area (Å²) < 4.78 is 33.4. The predicted octanol–water partition coefficient (Wildman–Crippen LogP) is 1.89. The van der Waals surface area contributed by atoms with Crippen molar-refractivity contribution in [3.8, 4) is 0 Å². The Kier molecular flexibility index (Phi) is 3.94. The van der Waals surface area contributed by atoms with E-state index < -0.39 is 15.6 Å². The van der Waals surface area contributed by atoms with Gasteiger partial charge in [0.15, 0.2) is 0 Å². The van der Waals surface area contributed by atoms with E-state index in [0.29, 0.717) is 18.1 Å². The van der Waals surface area contributed by atoms with Crippen LogP contribution in [0.5, 0.6) is 0 Å². The van der Waals surface area contributed by atoms with E-state index in [0.717, 1.165) is 37.9 Å². The number of anilines is 1. The van der Waals surface area contributed by atoms with Crippen molar-refractivity contribution in [3.63, 3.8) is 0 Å². The molecule has 116 valence electrons. The average molecular weight is 310 g/mol. The van der Waals surface area contributed by atoms with Crippen LogP contribution in [0.4, 0.5) is 5.69 Å².